The van der Waals surface area contributed by atoms with Gasteiger partial charge in [0.25, 0.3) is 0 Å². The van der Waals surface area contributed by atoms with Crippen LogP contribution in [0.15, 0.2) is 0 Å². The van der Waals surface area contributed by atoms with Gasteiger partial charge >= 0.3 is 0 Å². The second-order valence-corrected chi connectivity index (χ2v) is 3.58. The Kier molecular flexibility index (Phi) is 11.0. The molecule has 0 aliphatic carbocycles. The van der Waals surface area contributed by atoms with Crippen molar-refractivity contribution in [3.8, 4) is 0 Å². The van der Waals surface area contributed by atoms with Crippen molar-refractivity contribution in [3.63, 3.8) is 0 Å². The molecule has 0 saturated heterocycles. The molecule has 12 heavy (non-hydrogen) atoms. The average molecular weight is 168 g/mol. The number of hydrogen-bond acceptors (Lipinski definition) is 0. The van der Waals surface area contributed by atoms with Gasteiger partial charge in [0, 0.05) is 0 Å². The summed E-state index contributed by atoms with van der Waals surface area (Å²) in [6.07, 6.45) is 15.7. The van der Waals surface area contributed by atoms with E-state index in [9.17, 15) is 0 Å². The molecule has 0 aromatic carbocycles. The fraction of sp³-hybridized carbons (Fsp3) is 0.917. The van der Waals surface area contributed by atoms with Gasteiger partial charge in [-0.2, -0.15) is 0 Å². The van der Waals surface area contributed by atoms with E-state index in [0.29, 0.717) is 0 Å². The van der Waals surface area contributed by atoms with Crippen LogP contribution in [0.2, 0.25) is 0 Å². The summed E-state index contributed by atoms with van der Waals surface area (Å²) in [5.74, 6) is 0. The molecule has 0 aromatic rings. The minimum atomic E-state index is 1.19. The van der Waals surface area contributed by atoms with E-state index in [4.69, 9.17) is 0 Å². The summed E-state index contributed by atoms with van der Waals surface area (Å²) in [5, 5.41) is 0. The Bertz CT molecular complexity index is 56.4. The van der Waals surface area contributed by atoms with Crippen molar-refractivity contribution in [3.05, 3.63) is 6.42 Å². The largest absolute Gasteiger partial charge is 0.0654 e. The maximum Gasteiger partial charge on any atom is -0.0207 e. The molecule has 0 unspecified atom stereocenters. The summed E-state index contributed by atoms with van der Waals surface area (Å²) >= 11 is 0. The Morgan fingerprint density at radius 3 is 1.75 bits per heavy atom. The van der Waals surface area contributed by atoms with Crippen LogP contribution in [0.4, 0.5) is 0 Å². The van der Waals surface area contributed by atoms with Gasteiger partial charge in [-0.1, -0.05) is 65.2 Å². The molecule has 0 rings (SSSR count). The van der Waals surface area contributed by atoms with Crippen molar-refractivity contribution in [2.24, 2.45) is 0 Å². The van der Waals surface area contributed by atoms with Crippen molar-refractivity contribution in [1.29, 1.82) is 0 Å². The van der Waals surface area contributed by atoms with Gasteiger partial charge in [-0.15, -0.1) is 0 Å². The standard InChI is InChI=1S/C12H24/c1-3-5-7-9-11-12-10-8-6-4-2/h3,5-12H2,1-2H3. The van der Waals surface area contributed by atoms with E-state index in [2.05, 4.69) is 13.3 Å². The quantitative estimate of drug-likeness (QED) is 0.441. The Hall–Kier alpha value is 0. The second kappa shape index (κ2) is 11.0. The lowest BCUT2D eigenvalue weighted by Gasteiger charge is -1.99. The minimum absolute atomic E-state index is 1.19. The third kappa shape index (κ3) is 10.0. The first-order chi connectivity index (χ1) is 5.91. The lowest BCUT2D eigenvalue weighted by Crippen LogP contribution is -1.80. The van der Waals surface area contributed by atoms with Crippen LogP contribution in [0.1, 0.15) is 71.6 Å². The highest BCUT2D eigenvalue weighted by molar-refractivity contribution is 4.55. The first kappa shape index (κ1) is 12.0. The third-order valence-electron chi connectivity index (χ3n) is 2.28. The molecule has 0 aliphatic heterocycles. The van der Waals surface area contributed by atoms with Crippen LogP contribution in [0, 0.1) is 6.42 Å². The highest BCUT2D eigenvalue weighted by Gasteiger charge is 1.90. The fourth-order valence-corrected chi connectivity index (χ4v) is 1.44. The first-order valence-corrected chi connectivity index (χ1v) is 5.56. The van der Waals surface area contributed by atoms with Crippen LogP contribution >= 0.6 is 0 Å². The zero-order valence-corrected chi connectivity index (χ0v) is 8.86. The van der Waals surface area contributed by atoms with E-state index in [1.54, 1.807) is 0 Å². The average Bonchev–Trinajstić information content (AvgIpc) is 2.10. The van der Waals surface area contributed by atoms with Crippen molar-refractivity contribution in [2.75, 3.05) is 0 Å². The third-order valence-corrected chi connectivity index (χ3v) is 2.28. The molecule has 2 radical (unpaired) electrons. The van der Waals surface area contributed by atoms with Crippen molar-refractivity contribution in [1.82, 2.24) is 0 Å². The van der Waals surface area contributed by atoms with Crippen molar-refractivity contribution < 1.29 is 0 Å². The van der Waals surface area contributed by atoms with Crippen LogP contribution < -0.4 is 0 Å². The molecule has 0 fully saturated rings. The Balaban J connectivity index is 2.73. The van der Waals surface area contributed by atoms with Crippen LogP contribution in [0.3, 0.4) is 0 Å². The molecule has 0 heterocycles. The van der Waals surface area contributed by atoms with Gasteiger partial charge in [-0.3, -0.25) is 0 Å². The molecule has 0 saturated carbocycles. The molecule has 0 aliphatic rings. The molecule has 0 nitrogen and oxygen atoms in total. The molecule has 0 heteroatoms. The van der Waals surface area contributed by atoms with E-state index < -0.39 is 0 Å². The summed E-state index contributed by atoms with van der Waals surface area (Å²) in [7, 11) is 0. The highest BCUT2D eigenvalue weighted by Crippen LogP contribution is 2.09. The fourth-order valence-electron chi connectivity index (χ4n) is 1.44. The van der Waals surface area contributed by atoms with Crippen LogP contribution in [0.25, 0.3) is 0 Å². The summed E-state index contributed by atoms with van der Waals surface area (Å²) < 4.78 is 0. The topological polar surface area (TPSA) is 0 Å². The summed E-state index contributed by atoms with van der Waals surface area (Å²) in [5.41, 5.74) is 0. The predicted octanol–water partition coefficient (Wildman–Crippen LogP) is 4.62. The second-order valence-electron chi connectivity index (χ2n) is 3.58. The van der Waals surface area contributed by atoms with Crippen LogP contribution in [-0.2, 0) is 0 Å². The van der Waals surface area contributed by atoms with Crippen LogP contribution in [0.5, 0.6) is 0 Å². The van der Waals surface area contributed by atoms with Crippen molar-refractivity contribution >= 4 is 0 Å². The zero-order chi connectivity index (χ0) is 9.07. The highest BCUT2D eigenvalue weighted by atomic mass is 14.0. The Labute approximate surface area is 78.8 Å². The van der Waals surface area contributed by atoms with Gasteiger partial charge in [0.15, 0.2) is 0 Å². The minimum Gasteiger partial charge on any atom is -0.0654 e. The zero-order valence-electron chi connectivity index (χ0n) is 8.86. The molecule has 72 valence electrons. The molecule has 0 spiro atoms. The van der Waals surface area contributed by atoms with E-state index in [1.807, 2.05) is 6.92 Å². The molecule has 0 atom stereocenters. The van der Waals surface area contributed by atoms with Crippen molar-refractivity contribution in [2.45, 2.75) is 71.6 Å². The normalized spacial score (nSPS) is 10.5. The van der Waals surface area contributed by atoms with Gasteiger partial charge in [0.05, 0.1) is 0 Å². The van der Waals surface area contributed by atoms with Gasteiger partial charge in [0.2, 0.25) is 0 Å². The summed E-state index contributed by atoms with van der Waals surface area (Å²) in [6.45, 7) is 4.30. The molecule has 0 amide bonds. The van der Waals surface area contributed by atoms with Crippen LogP contribution in [-0.4, -0.2) is 0 Å². The van der Waals surface area contributed by atoms with Gasteiger partial charge in [0.1, 0.15) is 0 Å². The number of unbranched alkanes of at least 4 members (excludes halogenated alkanes) is 9. The van der Waals surface area contributed by atoms with E-state index >= 15 is 0 Å². The predicted molar refractivity (Wildman–Crippen MR) is 56.1 cm³/mol. The molecular formula is C12H24. The smallest absolute Gasteiger partial charge is 0.0207 e. The molecular weight excluding hydrogens is 144 g/mol. The summed E-state index contributed by atoms with van der Waals surface area (Å²) in [6, 6.07) is 0. The Morgan fingerprint density at radius 1 is 0.750 bits per heavy atom. The summed E-state index contributed by atoms with van der Waals surface area (Å²) in [4.78, 5) is 0. The van der Waals surface area contributed by atoms with Gasteiger partial charge < -0.3 is 0 Å². The molecule has 0 N–H and O–H groups in total. The number of rotatable bonds is 9. The maximum atomic E-state index is 3.18. The number of hydrogen-bond donors (Lipinski definition) is 0. The van der Waals surface area contributed by atoms with E-state index in [-0.39, 0.29) is 0 Å². The Morgan fingerprint density at radius 2 is 1.25 bits per heavy atom. The van der Waals surface area contributed by atoms with Gasteiger partial charge in [-0.05, 0) is 12.8 Å². The van der Waals surface area contributed by atoms with E-state index in [0.717, 1.165) is 0 Å². The molecule has 0 aromatic heterocycles. The lowest BCUT2D eigenvalue weighted by molar-refractivity contribution is 0.574. The first-order valence-electron chi connectivity index (χ1n) is 5.56. The monoisotopic (exact) mass is 168 g/mol. The lowest BCUT2D eigenvalue weighted by atomic mass is 10.1. The molecule has 0 bridgehead atoms. The SMILES string of the molecule is C[C]CCCCCCCCCC. The van der Waals surface area contributed by atoms with E-state index in [1.165, 1.54) is 57.8 Å². The van der Waals surface area contributed by atoms with Gasteiger partial charge in [-0.25, -0.2) is 0 Å². The maximum absolute atomic E-state index is 3.18.